The summed E-state index contributed by atoms with van der Waals surface area (Å²) in [6.07, 6.45) is 0.370. The molecule has 1 aromatic rings. The minimum absolute atomic E-state index is 0.144. The standard InChI is InChI=1S/C15H26N2O2/c1-11(2)19-14-7-5-13(6-8-14)15(9-16)17-10-12(3)18-4/h5-8,11-12,15,17H,9-10,16H2,1-4H3. The molecule has 0 spiro atoms. The van der Waals surface area contributed by atoms with Crippen LogP contribution in [0.4, 0.5) is 0 Å². The zero-order valence-electron chi connectivity index (χ0n) is 12.3. The van der Waals surface area contributed by atoms with E-state index in [1.165, 1.54) is 5.56 Å². The van der Waals surface area contributed by atoms with Crippen molar-refractivity contribution < 1.29 is 9.47 Å². The summed E-state index contributed by atoms with van der Waals surface area (Å²) in [6, 6.07) is 8.23. The van der Waals surface area contributed by atoms with Crippen molar-refractivity contribution in [1.82, 2.24) is 5.32 Å². The van der Waals surface area contributed by atoms with Crippen LogP contribution in [0.25, 0.3) is 0 Å². The van der Waals surface area contributed by atoms with Gasteiger partial charge in [-0.1, -0.05) is 12.1 Å². The second-order valence-electron chi connectivity index (χ2n) is 4.98. The Hall–Kier alpha value is -1.10. The molecule has 108 valence electrons. The van der Waals surface area contributed by atoms with Crippen LogP contribution in [0.5, 0.6) is 5.75 Å². The number of methoxy groups -OCH3 is 1. The molecule has 0 heterocycles. The first kappa shape index (κ1) is 16.0. The van der Waals surface area contributed by atoms with Gasteiger partial charge in [0.15, 0.2) is 0 Å². The van der Waals surface area contributed by atoms with Gasteiger partial charge in [0.1, 0.15) is 5.75 Å². The van der Waals surface area contributed by atoms with Gasteiger partial charge in [0, 0.05) is 26.2 Å². The molecular weight excluding hydrogens is 240 g/mol. The van der Waals surface area contributed by atoms with E-state index in [4.69, 9.17) is 15.2 Å². The third-order valence-corrected chi connectivity index (χ3v) is 2.94. The van der Waals surface area contributed by atoms with Crippen molar-refractivity contribution in [3.8, 4) is 5.75 Å². The van der Waals surface area contributed by atoms with E-state index in [0.717, 1.165) is 12.3 Å². The Bertz CT molecular complexity index is 352. The molecule has 1 rings (SSSR count). The average molecular weight is 266 g/mol. The molecule has 0 saturated heterocycles. The van der Waals surface area contributed by atoms with Crippen LogP contribution < -0.4 is 15.8 Å². The van der Waals surface area contributed by atoms with E-state index in [-0.39, 0.29) is 18.2 Å². The van der Waals surface area contributed by atoms with Gasteiger partial charge < -0.3 is 20.5 Å². The minimum Gasteiger partial charge on any atom is -0.491 e. The average Bonchev–Trinajstić information content (AvgIpc) is 2.40. The molecule has 0 bridgehead atoms. The third-order valence-electron chi connectivity index (χ3n) is 2.94. The van der Waals surface area contributed by atoms with Crippen LogP contribution in [-0.2, 0) is 4.74 Å². The molecule has 2 atom stereocenters. The van der Waals surface area contributed by atoms with Gasteiger partial charge in [0.2, 0.25) is 0 Å². The zero-order chi connectivity index (χ0) is 14.3. The lowest BCUT2D eigenvalue weighted by molar-refractivity contribution is 0.114. The number of hydrogen-bond acceptors (Lipinski definition) is 4. The lowest BCUT2D eigenvalue weighted by Gasteiger charge is -2.20. The van der Waals surface area contributed by atoms with E-state index in [1.807, 2.05) is 32.9 Å². The fraction of sp³-hybridized carbons (Fsp3) is 0.600. The van der Waals surface area contributed by atoms with Gasteiger partial charge in [0.05, 0.1) is 12.2 Å². The van der Waals surface area contributed by atoms with Gasteiger partial charge in [-0.25, -0.2) is 0 Å². The Kier molecular flexibility index (Phi) is 6.84. The largest absolute Gasteiger partial charge is 0.491 e. The summed E-state index contributed by atoms with van der Waals surface area (Å²) in [6.45, 7) is 7.40. The second kappa shape index (κ2) is 8.15. The minimum atomic E-state index is 0.144. The van der Waals surface area contributed by atoms with Crippen LogP contribution in [0, 0.1) is 0 Å². The molecule has 19 heavy (non-hydrogen) atoms. The third kappa shape index (κ3) is 5.59. The normalized spacial score (nSPS) is 14.4. The Morgan fingerprint density at radius 3 is 2.26 bits per heavy atom. The molecule has 0 radical (unpaired) electrons. The smallest absolute Gasteiger partial charge is 0.119 e. The Morgan fingerprint density at radius 1 is 1.16 bits per heavy atom. The summed E-state index contributed by atoms with van der Waals surface area (Å²) in [7, 11) is 1.71. The summed E-state index contributed by atoms with van der Waals surface area (Å²) in [5, 5.41) is 3.41. The molecule has 0 saturated carbocycles. The van der Waals surface area contributed by atoms with Crippen LogP contribution in [0.1, 0.15) is 32.4 Å². The van der Waals surface area contributed by atoms with Crippen molar-refractivity contribution in [2.75, 3.05) is 20.2 Å². The van der Waals surface area contributed by atoms with Gasteiger partial charge in [-0.15, -0.1) is 0 Å². The fourth-order valence-corrected chi connectivity index (χ4v) is 1.78. The quantitative estimate of drug-likeness (QED) is 0.756. The second-order valence-corrected chi connectivity index (χ2v) is 4.98. The topological polar surface area (TPSA) is 56.5 Å². The maximum absolute atomic E-state index is 5.82. The highest BCUT2D eigenvalue weighted by molar-refractivity contribution is 5.29. The van der Waals surface area contributed by atoms with Gasteiger partial charge in [0.25, 0.3) is 0 Å². The van der Waals surface area contributed by atoms with Crippen LogP contribution in [-0.4, -0.2) is 32.4 Å². The van der Waals surface area contributed by atoms with Crippen molar-refractivity contribution in [2.24, 2.45) is 5.73 Å². The highest BCUT2D eigenvalue weighted by Crippen LogP contribution is 2.18. The van der Waals surface area contributed by atoms with Crippen molar-refractivity contribution in [3.05, 3.63) is 29.8 Å². The van der Waals surface area contributed by atoms with E-state index < -0.39 is 0 Å². The summed E-state index contributed by atoms with van der Waals surface area (Å²) in [4.78, 5) is 0. The molecule has 1 aromatic carbocycles. The van der Waals surface area contributed by atoms with Crippen molar-refractivity contribution in [1.29, 1.82) is 0 Å². The van der Waals surface area contributed by atoms with Crippen molar-refractivity contribution >= 4 is 0 Å². The van der Waals surface area contributed by atoms with E-state index in [0.29, 0.717) is 6.54 Å². The Morgan fingerprint density at radius 2 is 1.79 bits per heavy atom. The summed E-state index contributed by atoms with van der Waals surface area (Å²) in [5.74, 6) is 0.889. The van der Waals surface area contributed by atoms with E-state index in [1.54, 1.807) is 7.11 Å². The molecule has 2 unspecified atom stereocenters. The van der Waals surface area contributed by atoms with Gasteiger partial charge in [-0.05, 0) is 38.5 Å². The number of benzene rings is 1. The van der Waals surface area contributed by atoms with Gasteiger partial charge >= 0.3 is 0 Å². The van der Waals surface area contributed by atoms with Crippen LogP contribution >= 0.6 is 0 Å². The van der Waals surface area contributed by atoms with E-state index in [9.17, 15) is 0 Å². The first-order chi connectivity index (χ1) is 9.06. The summed E-state index contributed by atoms with van der Waals surface area (Å²) < 4.78 is 10.8. The number of nitrogens with two attached hydrogens (primary N) is 1. The molecule has 0 aliphatic rings. The summed E-state index contributed by atoms with van der Waals surface area (Å²) in [5.41, 5.74) is 6.99. The lowest BCUT2D eigenvalue weighted by atomic mass is 10.1. The van der Waals surface area contributed by atoms with Crippen molar-refractivity contribution in [3.63, 3.8) is 0 Å². The Balaban J connectivity index is 2.60. The number of rotatable bonds is 8. The Labute approximate surface area is 116 Å². The van der Waals surface area contributed by atoms with Crippen LogP contribution in [0.3, 0.4) is 0 Å². The predicted octanol–water partition coefficient (Wildman–Crippen LogP) is 2.10. The van der Waals surface area contributed by atoms with Crippen molar-refractivity contribution in [2.45, 2.75) is 39.0 Å². The molecule has 0 aliphatic carbocycles. The highest BCUT2D eigenvalue weighted by Gasteiger charge is 2.10. The molecule has 4 nitrogen and oxygen atoms in total. The first-order valence-electron chi connectivity index (χ1n) is 6.79. The molecule has 4 heteroatoms. The van der Waals surface area contributed by atoms with Gasteiger partial charge in [-0.3, -0.25) is 0 Å². The van der Waals surface area contributed by atoms with E-state index in [2.05, 4.69) is 17.4 Å². The molecule has 0 fully saturated rings. The van der Waals surface area contributed by atoms with Crippen LogP contribution in [0.2, 0.25) is 0 Å². The van der Waals surface area contributed by atoms with Gasteiger partial charge in [-0.2, -0.15) is 0 Å². The molecule has 3 N–H and O–H groups in total. The maximum atomic E-state index is 5.82. The zero-order valence-corrected chi connectivity index (χ0v) is 12.3. The number of hydrogen-bond donors (Lipinski definition) is 2. The predicted molar refractivity (Wildman–Crippen MR) is 78.5 cm³/mol. The maximum Gasteiger partial charge on any atom is 0.119 e. The van der Waals surface area contributed by atoms with E-state index >= 15 is 0 Å². The lowest BCUT2D eigenvalue weighted by Crippen LogP contribution is -2.33. The molecule has 0 aromatic heterocycles. The number of nitrogens with one attached hydrogen (secondary N) is 1. The molecule has 0 aliphatic heterocycles. The van der Waals surface area contributed by atoms with Crippen LogP contribution in [0.15, 0.2) is 24.3 Å². The molecule has 0 amide bonds. The highest BCUT2D eigenvalue weighted by atomic mass is 16.5. The summed E-state index contributed by atoms with van der Waals surface area (Å²) >= 11 is 0. The first-order valence-corrected chi connectivity index (χ1v) is 6.79. The number of ether oxygens (including phenoxy) is 2. The fourth-order valence-electron chi connectivity index (χ4n) is 1.78. The monoisotopic (exact) mass is 266 g/mol. The SMILES string of the molecule is COC(C)CNC(CN)c1ccc(OC(C)C)cc1. The molecular formula is C15H26N2O2.